The predicted molar refractivity (Wildman–Crippen MR) is 99.1 cm³/mol. The maximum atomic E-state index is 11.8. The minimum Gasteiger partial charge on any atom is -0.483 e. The Morgan fingerprint density at radius 2 is 1.84 bits per heavy atom. The van der Waals surface area contributed by atoms with E-state index in [-0.39, 0.29) is 6.61 Å². The third kappa shape index (κ3) is 4.68. The highest BCUT2D eigenvalue weighted by Gasteiger charge is 2.06. The second kappa shape index (κ2) is 8.12. The van der Waals surface area contributed by atoms with Gasteiger partial charge >= 0.3 is 0 Å². The SMILES string of the molecule is O=C(C=Cc1cccs1)NNC(=O)COc1cccc2ccccc12. The van der Waals surface area contributed by atoms with Crippen molar-refractivity contribution in [2.45, 2.75) is 0 Å². The van der Waals surface area contributed by atoms with Crippen LogP contribution in [0.3, 0.4) is 0 Å². The number of hydrogen-bond acceptors (Lipinski definition) is 4. The molecule has 0 saturated heterocycles. The second-order valence-corrected chi connectivity index (χ2v) is 6.13. The number of thiophene rings is 1. The minimum atomic E-state index is -0.439. The zero-order valence-corrected chi connectivity index (χ0v) is 14.1. The Morgan fingerprint density at radius 3 is 2.68 bits per heavy atom. The monoisotopic (exact) mass is 352 g/mol. The number of fused-ring (bicyclic) bond motifs is 1. The molecule has 2 N–H and O–H groups in total. The minimum absolute atomic E-state index is 0.192. The third-order valence-corrected chi connectivity index (χ3v) is 4.21. The van der Waals surface area contributed by atoms with Gasteiger partial charge < -0.3 is 4.74 Å². The summed E-state index contributed by atoms with van der Waals surface area (Å²) in [4.78, 5) is 24.4. The lowest BCUT2D eigenvalue weighted by Gasteiger charge is -2.09. The van der Waals surface area contributed by atoms with Crippen LogP contribution in [0, 0.1) is 0 Å². The number of hydrogen-bond donors (Lipinski definition) is 2. The highest BCUT2D eigenvalue weighted by molar-refractivity contribution is 7.10. The van der Waals surface area contributed by atoms with Gasteiger partial charge in [-0.3, -0.25) is 20.4 Å². The molecule has 0 radical (unpaired) electrons. The number of benzene rings is 2. The van der Waals surface area contributed by atoms with E-state index in [9.17, 15) is 9.59 Å². The fourth-order valence-electron chi connectivity index (χ4n) is 2.22. The number of ether oxygens (including phenoxy) is 1. The number of nitrogens with one attached hydrogen (secondary N) is 2. The summed E-state index contributed by atoms with van der Waals surface area (Å²) in [5.74, 6) is -0.227. The number of carbonyl (C=O) groups is 2. The Bertz CT molecular complexity index is 899. The van der Waals surface area contributed by atoms with Crippen LogP contribution in [0.25, 0.3) is 16.8 Å². The van der Waals surface area contributed by atoms with Crippen LogP contribution in [-0.4, -0.2) is 18.4 Å². The van der Waals surface area contributed by atoms with Crippen LogP contribution in [0.2, 0.25) is 0 Å². The van der Waals surface area contributed by atoms with E-state index < -0.39 is 11.8 Å². The molecule has 0 saturated carbocycles. The van der Waals surface area contributed by atoms with Crippen LogP contribution < -0.4 is 15.6 Å². The van der Waals surface area contributed by atoms with Crippen LogP contribution in [0.1, 0.15) is 4.88 Å². The molecule has 25 heavy (non-hydrogen) atoms. The summed E-state index contributed by atoms with van der Waals surface area (Å²) < 4.78 is 5.55. The molecule has 0 fully saturated rings. The lowest BCUT2D eigenvalue weighted by molar-refractivity contribution is -0.128. The first-order chi connectivity index (χ1) is 12.2. The molecule has 0 aliphatic rings. The average molecular weight is 352 g/mol. The Balaban J connectivity index is 1.48. The van der Waals surface area contributed by atoms with Gasteiger partial charge in [-0.05, 0) is 29.0 Å². The summed E-state index contributed by atoms with van der Waals surface area (Å²) >= 11 is 1.52. The van der Waals surface area contributed by atoms with Crippen molar-refractivity contribution in [3.05, 3.63) is 70.9 Å². The van der Waals surface area contributed by atoms with E-state index in [0.717, 1.165) is 15.6 Å². The summed E-state index contributed by atoms with van der Waals surface area (Å²) in [7, 11) is 0. The van der Waals surface area contributed by atoms with Gasteiger partial charge in [-0.1, -0.05) is 42.5 Å². The maximum Gasteiger partial charge on any atom is 0.276 e. The highest BCUT2D eigenvalue weighted by atomic mass is 32.1. The van der Waals surface area contributed by atoms with E-state index in [4.69, 9.17) is 4.74 Å². The molecule has 2 aromatic carbocycles. The molecule has 0 unspecified atom stereocenters. The van der Waals surface area contributed by atoms with E-state index in [1.807, 2.05) is 53.9 Å². The molecule has 1 heterocycles. The Kier molecular flexibility index (Phi) is 5.43. The Hall–Kier alpha value is -3.12. The van der Waals surface area contributed by atoms with Crippen molar-refractivity contribution in [3.8, 4) is 5.75 Å². The molecule has 6 heteroatoms. The van der Waals surface area contributed by atoms with Crippen LogP contribution >= 0.6 is 11.3 Å². The van der Waals surface area contributed by atoms with E-state index in [1.54, 1.807) is 12.1 Å². The first-order valence-corrected chi connectivity index (χ1v) is 8.51. The van der Waals surface area contributed by atoms with Gasteiger partial charge in [0, 0.05) is 16.3 Å². The predicted octanol–water partition coefficient (Wildman–Crippen LogP) is 3.14. The summed E-state index contributed by atoms with van der Waals surface area (Å²) in [6.07, 6.45) is 3.04. The molecule has 2 amide bonds. The van der Waals surface area contributed by atoms with Crippen LogP contribution in [0.4, 0.5) is 0 Å². The third-order valence-electron chi connectivity index (χ3n) is 3.38. The van der Waals surface area contributed by atoms with Crippen LogP contribution in [-0.2, 0) is 9.59 Å². The summed E-state index contributed by atoms with van der Waals surface area (Å²) in [5, 5.41) is 3.89. The molecular formula is C19H16N2O3S. The van der Waals surface area contributed by atoms with Gasteiger partial charge in [-0.25, -0.2) is 0 Å². The van der Waals surface area contributed by atoms with Gasteiger partial charge in [-0.15, -0.1) is 11.3 Å². The van der Waals surface area contributed by atoms with Gasteiger partial charge in [0.15, 0.2) is 6.61 Å². The number of hydrazine groups is 1. The average Bonchev–Trinajstić information content (AvgIpc) is 3.16. The van der Waals surface area contributed by atoms with E-state index in [2.05, 4.69) is 10.9 Å². The fourth-order valence-corrected chi connectivity index (χ4v) is 2.84. The maximum absolute atomic E-state index is 11.8. The molecule has 1 aromatic heterocycles. The molecule has 0 atom stereocenters. The zero-order chi connectivity index (χ0) is 17.5. The standard InChI is InChI=1S/C19H16N2O3S/c22-18(11-10-15-7-4-12-25-15)20-21-19(23)13-24-17-9-3-6-14-5-1-2-8-16(14)17/h1-12H,13H2,(H,20,22)(H,21,23). The van der Waals surface area contributed by atoms with E-state index in [1.165, 1.54) is 17.4 Å². The molecule has 3 aromatic rings. The summed E-state index contributed by atoms with van der Waals surface area (Å²) in [6.45, 7) is -0.192. The Labute approximate surface area is 148 Å². The van der Waals surface area contributed by atoms with E-state index in [0.29, 0.717) is 5.75 Å². The molecule has 3 rings (SSSR count). The second-order valence-electron chi connectivity index (χ2n) is 5.15. The molecule has 0 aliphatic heterocycles. The first kappa shape index (κ1) is 16.7. The van der Waals surface area contributed by atoms with Gasteiger partial charge in [0.2, 0.25) is 0 Å². The number of amides is 2. The molecule has 126 valence electrons. The zero-order valence-electron chi connectivity index (χ0n) is 13.3. The summed E-state index contributed by atoms with van der Waals surface area (Å²) in [5.41, 5.74) is 4.64. The lowest BCUT2D eigenvalue weighted by atomic mass is 10.1. The highest BCUT2D eigenvalue weighted by Crippen LogP contribution is 2.24. The van der Waals surface area contributed by atoms with Gasteiger partial charge in [0.25, 0.3) is 11.8 Å². The molecule has 0 bridgehead atoms. The Morgan fingerprint density at radius 1 is 1.00 bits per heavy atom. The summed E-state index contributed by atoms with van der Waals surface area (Å²) in [6, 6.07) is 17.2. The van der Waals surface area contributed by atoms with Gasteiger partial charge in [0.1, 0.15) is 5.75 Å². The van der Waals surface area contributed by atoms with Crippen LogP contribution in [0.5, 0.6) is 5.75 Å². The molecule has 5 nitrogen and oxygen atoms in total. The van der Waals surface area contributed by atoms with Crippen molar-refractivity contribution in [3.63, 3.8) is 0 Å². The topological polar surface area (TPSA) is 67.4 Å². The van der Waals surface area contributed by atoms with Crippen molar-refractivity contribution in [2.24, 2.45) is 0 Å². The van der Waals surface area contributed by atoms with Crippen molar-refractivity contribution in [2.75, 3.05) is 6.61 Å². The number of carbonyl (C=O) groups excluding carboxylic acids is 2. The van der Waals surface area contributed by atoms with Crippen molar-refractivity contribution >= 4 is 40.0 Å². The largest absolute Gasteiger partial charge is 0.483 e. The van der Waals surface area contributed by atoms with Crippen molar-refractivity contribution < 1.29 is 14.3 Å². The van der Waals surface area contributed by atoms with E-state index >= 15 is 0 Å². The van der Waals surface area contributed by atoms with Crippen molar-refractivity contribution in [1.29, 1.82) is 0 Å². The smallest absolute Gasteiger partial charge is 0.276 e. The fraction of sp³-hybridized carbons (Fsp3) is 0.0526. The van der Waals surface area contributed by atoms with Gasteiger partial charge in [-0.2, -0.15) is 0 Å². The normalized spacial score (nSPS) is 10.7. The first-order valence-electron chi connectivity index (χ1n) is 7.63. The molecule has 0 spiro atoms. The van der Waals surface area contributed by atoms with Crippen LogP contribution in [0.15, 0.2) is 66.1 Å². The molecular weight excluding hydrogens is 336 g/mol. The quantitative estimate of drug-likeness (QED) is 0.548. The molecule has 0 aliphatic carbocycles. The van der Waals surface area contributed by atoms with Crippen molar-refractivity contribution in [1.82, 2.24) is 10.9 Å². The number of rotatable bonds is 5. The lowest BCUT2D eigenvalue weighted by Crippen LogP contribution is -2.43. The van der Waals surface area contributed by atoms with Gasteiger partial charge in [0.05, 0.1) is 0 Å².